The molecular weight excluding hydrogens is 238 g/mol. The zero-order chi connectivity index (χ0) is 11.8. The Labute approximate surface area is 101 Å². The van der Waals surface area contributed by atoms with Crippen molar-refractivity contribution >= 4 is 17.2 Å². The van der Waals surface area contributed by atoms with Crippen molar-refractivity contribution in [2.24, 2.45) is 0 Å². The molecule has 1 N–H and O–H groups in total. The molecule has 0 amide bonds. The Morgan fingerprint density at radius 1 is 1.24 bits per heavy atom. The van der Waals surface area contributed by atoms with Gasteiger partial charge in [0.25, 0.3) is 5.56 Å². The fraction of sp³-hybridized carbons (Fsp3) is 0. The number of nitrogens with one attached hydrogen (secondary N) is 1. The van der Waals surface area contributed by atoms with Crippen molar-refractivity contribution in [1.82, 2.24) is 14.6 Å². The minimum absolute atomic E-state index is 0.157. The lowest BCUT2D eigenvalue weighted by molar-refractivity contribution is 0.901. The molecule has 5 heteroatoms. The summed E-state index contributed by atoms with van der Waals surface area (Å²) in [5.74, 6) is 0. The first-order valence-electron chi connectivity index (χ1n) is 5.08. The molecule has 0 spiro atoms. The molecule has 0 saturated carbocycles. The second-order valence-corrected chi connectivity index (χ2v) is 4.02. The van der Waals surface area contributed by atoms with Crippen LogP contribution in [0.2, 0.25) is 5.02 Å². The van der Waals surface area contributed by atoms with Gasteiger partial charge in [0, 0.05) is 28.9 Å². The number of aromatic nitrogens is 3. The maximum atomic E-state index is 11.8. The third-order valence-corrected chi connectivity index (χ3v) is 2.86. The molecule has 17 heavy (non-hydrogen) atoms. The van der Waals surface area contributed by atoms with Crippen molar-refractivity contribution in [3.63, 3.8) is 0 Å². The van der Waals surface area contributed by atoms with Crippen LogP contribution >= 0.6 is 11.6 Å². The Hall–Kier alpha value is -2.07. The quantitative estimate of drug-likeness (QED) is 0.715. The molecule has 0 saturated heterocycles. The van der Waals surface area contributed by atoms with E-state index >= 15 is 0 Å². The largest absolute Gasteiger partial charge is 0.297 e. The van der Waals surface area contributed by atoms with Crippen molar-refractivity contribution in [3.8, 4) is 11.3 Å². The molecular formula is C12H8ClN3O. The third-order valence-electron chi connectivity index (χ3n) is 2.53. The molecule has 0 aliphatic rings. The highest BCUT2D eigenvalue weighted by molar-refractivity contribution is 6.33. The van der Waals surface area contributed by atoms with E-state index in [1.165, 1.54) is 10.6 Å². The molecule has 0 radical (unpaired) electrons. The number of hydrogen-bond donors (Lipinski definition) is 1. The Morgan fingerprint density at radius 3 is 2.88 bits per heavy atom. The number of benzene rings is 1. The number of aromatic amines is 1. The number of rotatable bonds is 1. The smallest absolute Gasteiger partial charge is 0.273 e. The minimum Gasteiger partial charge on any atom is -0.297 e. The molecule has 0 atom stereocenters. The van der Waals surface area contributed by atoms with Gasteiger partial charge in [0.2, 0.25) is 0 Å². The van der Waals surface area contributed by atoms with Gasteiger partial charge in [-0.25, -0.2) is 9.50 Å². The van der Waals surface area contributed by atoms with E-state index in [9.17, 15) is 4.79 Å². The van der Waals surface area contributed by atoms with E-state index in [0.29, 0.717) is 16.4 Å². The molecule has 0 bridgehead atoms. The molecule has 0 aliphatic carbocycles. The zero-order valence-corrected chi connectivity index (χ0v) is 9.48. The van der Waals surface area contributed by atoms with Crippen LogP contribution in [-0.4, -0.2) is 14.6 Å². The summed E-state index contributed by atoms with van der Waals surface area (Å²) >= 11 is 6.08. The number of fused-ring (bicyclic) bond motifs is 1. The van der Waals surface area contributed by atoms with Crippen LogP contribution < -0.4 is 5.56 Å². The molecule has 4 nitrogen and oxygen atoms in total. The van der Waals surface area contributed by atoms with Gasteiger partial charge in [-0.15, -0.1) is 0 Å². The van der Waals surface area contributed by atoms with Gasteiger partial charge in [-0.05, 0) is 6.07 Å². The Bertz CT molecular complexity index is 745. The normalized spacial score (nSPS) is 10.9. The van der Waals surface area contributed by atoms with Crippen molar-refractivity contribution in [2.45, 2.75) is 0 Å². The minimum atomic E-state index is -0.157. The van der Waals surface area contributed by atoms with Crippen LogP contribution in [-0.2, 0) is 0 Å². The second kappa shape index (κ2) is 3.75. The highest BCUT2D eigenvalue weighted by Gasteiger charge is 2.07. The fourth-order valence-electron chi connectivity index (χ4n) is 1.73. The number of nitrogens with zero attached hydrogens (tertiary/aromatic N) is 2. The summed E-state index contributed by atoms with van der Waals surface area (Å²) in [7, 11) is 0. The zero-order valence-electron chi connectivity index (χ0n) is 8.72. The fourth-order valence-corrected chi connectivity index (χ4v) is 1.97. The van der Waals surface area contributed by atoms with Gasteiger partial charge >= 0.3 is 0 Å². The second-order valence-electron chi connectivity index (χ2n) is 3.62. The third kappa shape index (κ3) is 1.62. The summed E-state index contributed by atoms with van der Waals surface area (Å²) in [5.41, 5.74) is 1.76. The Balaban J connectivity index is 2.32. The van der Waals surface area contributed by atoms with E-state index in [1.54, 1.807) is 18.3 Å². The first kappa shape index (κ1) is 10.1. The van der Waals surface area contributed by atoms with E-state index in [0.717, 1.165) is 5.56 Å². The summed E-state index contributed by atoms with van der Waals surface area (Å²) in [6, 6.07) is 10.5. The van der Waals surface area contributed by atoms with E-state index in [1.807, 2.05) is 18.2 Å². The maximum absolute atomic E-state index is 11.8. The molecule has 2 heterocycles. The van der Waals surface area contributed by atoms with Crippen LogP contribution in [0.5, 0.6) is 0 Å². The molecule has 0 fully saturated rings. The van der Waals surface area contributed by atoms with Crippen LogP contribution in [0.25, 0.3) is 16.9 Å². The predicted molar refractivity (Wildman–Crippen MR) is 66.3 cm³/mol. The van der Waals surface area contributed by atoms with E-state index < -0.39 is 0 Å². The molecule has 0 unspecified atom stereocenters. The number of hydrogen-bond acceptors (Lipinski definition) is 2. The highest BCUT2D eigenvalue weighted by atomic mass is 35.5. The van der Waals surface area contributed by atoms with E-state index in [2.05, 4.69) is 10.1 Å². The summed E-state index contributed by atoms with van der Waals surface area (Å²) in [6.45, 7) is 0. The van der Waals surface area contributed by atoms with Crippen LogP contribution in [0.4, 0.5) is 0 Å². The Morgan fingerprint density at radius 2 is 2.06 bits per heavy atom. The summed E-state index contributed by atoms with van der Waals surface area (Å²) in [4.78, 5) is 16.2. The van der Waals surface area contributed by atoms with Crippen molar-refractivity contribution in [3.05, 3.63) is 58.0 Å². The standard InChI is InChI=1S/C12H8ClN3O/c13-9-4-2-1-3-8(9)10-7-12(17)16-11(15-10)5-6-14-16/h1-7,14H. The topological polar surface area (TPSA) is 50.2 Å². The van der Waals surface area contributed by atoms with Crippen LogP contribution in [0.1, 0.15) is 0 Å². The van der Waals surface area contributed by atoms with Gasteiger partial charge in [0.05, 0.1) is 5.69 Å². The van der Waals surface area contributed by atoms with Gasteiger partial charge in [-0.2, -0.15) is 0 Å². The van der Waals surface area contributed by atoms with Gasteiger partial charge < -0.3 is 0 Å². The Kier molecular flexibility index (Phi) is 2.23. The molecule has 1 aromatic carbocycles. The summed E-state index contributed by atoms with van der Waals surface area (Å²) in [5, 5.41) is 3.37. The van der Waals surface area contributed by atoms with Gasteiger partial charge in [-0.1, -0.05) is 29.8 Å². The average molecular weight is 246 g/mol. The van der Waals surface area contributed by atoms with Crippen LogP contribution in [0.15, 0.2) is 47.4 Å². The van der Waals surface area contributed by atoms with Crippen LogP contribution in [0, 0.1) is 0 Å². The maximum Gasteiger partial charge on any atom is 0.273 e. The monoisotopic (exact) mass is 245 g/mol. The summed E-state index contributed by atoms with van der Waals surface area (Å²) in [6.07, 6.45) is 1.67. The first-order chi connectivity index (χ1) is 8.25. The number of H-pyrrole nitrogens is 1. The van der Waals surface area contributed by atoms with E-state index in [4.69, 9.17) is 11.6 Å². The molecule has 0 aliphatic heterocycles. The first-order valence-corrected chi connectivity index (χ1v) is 5.45. The molecule has 2 aromatic heterocycles. The van der Waals surface area contributed by atoms with Gasteiger partial charge in [0.1, 0.15) is 0 Å². The number of halogens is 1. The van der Waals surface area contributed by atoms with Crippen molar-refractivity contribution in [1.29, 1.82) is 0 Å². The average Bonchev–Trinajstić information content (AvgIpc) is 2.78. The van der Waals surface area contributed by atoms with Crippen LogP contribution in [0.3, 0.4) is 0 Å². The predicted octanol–water partition coefficient (Wildman–Crippen LogP) is 2.34. The van der Waals surface area contributed by atoms with Crippen molar-refractivity contribution < 1.29 is 0 Å². The molecule has 3 rings (SSSR count). The molecule has 84 valence electrons. The van der Waals surface area contributed by atoms with Gasteiger partial charge in [0.15, 0.2) is 5.65 Å². The highest BCUT2D eigenvalue weighted by Crippen LogP contribution is 2.25. The molecule has 3 aromatic rings. The SMILES string of the molecule is O=c1cc(-c2ccccc2Cl)nc2cc[nH]n12. The van der Waals surface area contributed by atoms with Gasteiger partial charge in [-0.3, -0.25) is 9.89 Å². The van der Waals surface area contributed by atoms with E-state index in [-0.39, 0.29) is 5.56 Å². The van der Waals surface area contributed by atoms with Crippen molar-refractivity contribution in [2.75, 3.05) is 0 Å². The lowest BCUT2D eigenvalue weighted by Gasteiger charge is -2.03. The lowest BCUT2D eigenvalue weighted by atomic mass is 10.1. The lowest BCUT2D eigenvalue weighted by Crippen LogP contribution is -2.14. The summed E-state index contributed by atoms with van der Waals surface area (Å²) < 4.78 is 1.38.